The Kier molecular flexibility index (Phi) is 7.29. The molecule has 2 heterocycles. The third kappa shape index (κ3) is 4.26. The smallest absolute Gasteiger partial charge is 1.00 e. The Morgan fingerprint density at radius 2 is 1.52 bits per heavy atom. The van der Waals surface area contributed by atoms with Gasteiger partial charge in [0, 0.05) is 4.88 Å². The minimum Gasteiger partial charge on any atom is -1.00 e. The molecule has 104 valence electrons. The summed E-state index contributed by atoms with van der Waals surface area (Å²) in [5, 5.41) is 3.15. The Balaban J connectivity index is 0.00000110. The standard InChI is InChI=1S/C17H15S2.ClH.Zn/c1-12(2)13-5-7-14(8-6-13)15-9-10-17(19-15)16-4-3-11-18-16;;/h3-10,12H,1-2H3;1H;/q-1;;+2/p-1. The Hall–Kier alpha value is -0.467. The largest absolute Gasteiger partial charge is 2.00 e. The first-order valence-electron chi connectivity index (χ1n) is 6.40. The molecule has 0 aliphatic rings. The van der Waals surface area contributed by atoms with Gasteiger partial charge in [0.15, 0.2) is 0 Å². The summed E-state index contributed by atoms with van der Waals surface area (Å²) in [6, 6.07) is 17.5. The minimum atomic E-state index is 0. The van der Waals surface area contributed by atoms with Crippen molar-refractivity contribution in [2.24, 2.45) is 0 Å². The van der Waals surface area contributed by atoms with Crippen LogP contribution >= 0.6 is 22.7 Å². The Bertz CT molecular complexity index is 654. The molecule has 0 saturated carbocycles. The number of halogens is 1. The van der Waals surface area contributed by atoms with Gasteiger partial charge in [-0.2, -0.15) is 12.1 Å². The van der Waals surface area contributed by atoms with Crippen LogP contribution in [0.3, 0.4) is 0 Å². The molecule has 0 bridgehead atoms. The fraction of sp³-hybridized carbons (Fsp3) is 0.176. The second-order valence-corrected chi connectivity index (χ2v) is 6.82. The molecule has 3 rings (SSSR count). The summed E-state index contributed by atoms with van der Waals surface area (Å²) in [6.45, 7) is 4.46. The van der Waals surface area contributed by atoms with Gasteiger partial charge in [-0.3, -0.25) is 11.3 Å². The molecule has 0 aliphatic carbocycles. The summed E-state index contributed by atoms with van der Waals surface area (Å²) in [4.78, 5) is 3.96. The maximum absolute atomic E-state index is 3.15. The molecule has 0 nitrogen and oxygen atoms in total. The van der Waals surface area contributed by atoms with Gasteiger partial charge in [0.25, 0.3) is 0 Å². The quantitative estimate of drug-likeness (QED) is 0.481. The van der Waals surface area contributed by atoms with Crippen molar-refractivity contribution in [3.05, 3.63) is 59.5 Å². The minimum absolute atomic E-state index is 0. The van der Waals surface area contributed by atoms with Gasteiger partial charge in [0.05, 0.1) is 0 Å². The molecule has 0 fully saturated rings. The van der Waals surface area contributed by atoms with E-state index in [1.54, 1.807) is 11.3 Å². The van der Waals surface area contributed by atoms with Crippen LogP contribution in [0.1, 0.15) is 25.3 Å². The molecule has 2 aromatic heterocycles. The van der Waals surface area contributed by atoms with Crippen LogP contribution in [0.15, 0.2) is 48.5 Å². The fourth-order valence-corrected chi connectivity index (χ4v) is 3.78. The van der Waals surface area contributed by atoms with Crippen LogP contribution in [0.4, 0.5) is 0 Å². The van der Waals surface area contributed by atoms with E-state index < -0.39 is 0 Å². The molecule has 0 atom stereocenters. The van der Waals surface area contributed by atoms with E-state index in [0.29, 0.717) is 5.92 Å². The van der Waals surface area contributed by atoms with Gasteiger partial charge in [-0.15, -0.1) is 21.6 Å². The summed E-state index contributed by atoms with van der Waals surface area (Å²) in [6.07, 6.45) is 0. The van der Waals surface area contributed by atoms with E-state index in [1.165, 1.54) is 25.8 Å². The van der Waals surface area contributed by atoms with E-state index >= 15 is 0 Å². The first-order chi connectivity index (χ1) is 9.24. The van der Waals surface area contributed by atoms with E-state index in [2.05, 4.69) is 61.7 Å². The number of benzene rings is 1. The first kappa shape index (κ1) is 18.6. The Morgan fingerprint density at radius 3 is 2.10 bits per heavy atom. The monoisotopic (exact) mass is 382 g/mol. The van der Waals surface area contributed by atoms with E-state index in [9.17, 15) is 0 Å². The molecule has 0 N–H and O–H groups in total. The van der Waals surface area contributed by atoms with Crippen molar-refractivity contribution in [2.45, 2.75) is 19.8 Å². The zero-order chi connectivity index (χ0) is 13.2. The second-order valence-electron chi connectivity index (χ2n) is 4.86. The molecule has 0 spiro atoms. The van der Waals surface area contributed by atoms with Gasteiger partial charge in [-0.25, -0.2) is 0 Å². The third-order valence-corrected chi connectivity index (χ3v) is 5.31. The van der Waals surface area contributed by atoms with Crippen molar-refractivity contribution < 1.29 is 31.9 Å². The van der Waals surface area contributed by atoms with Gasteiger partial charge in [0.1, 0.15) is 0 Å². The van der Waals surface area contributed by atoms with Crippen LogP contribution in [-0.2, 0) is 19.5 Å². The van der Waals surface area contributed by atoms with Crippen LogP contribution < -0.4 is 12.4 Å². The number of rotatable bonds is 3. The molecule has 1 aromatic carbocycles. The van der Waals surface area contributed by atoms with Gasteiger partial charge in [0.2, 0.25) is 0 Å². The van der Waals surface area contributed by atoms with Crippen molar-refractivity contribution in [1.82, 2.24) is 0 Å². The molecular weight excluding hydrogens is 369 g/mol. The molecule has 0 aliphatic heterocycles. The zero-order valence-corrected chi connectivity index (χ0v) is 17.5. The summed E-state index contributed by atoms with van der Waals surface area (Å²) in [5.41, 5.74) is 2.70. The summed E-state index contributed by atoms with van der Waals surface area (Å²) < 4.78 is 0. The van der Waals surface area contributed by atoms with Crippen LogP contribution in [0.25, 0.3) is 20.2 Å². The molecule has 0 saturated heterocycles. The molecule has 0 unspecified atom stereocenters. The second kappa shape index (κ2) is 8.24. The predicted molar refractivity (Wildman–Crippen MR) is 86.0 cm³/mol. The van der Waals surface area contributed by atoms with Gasteiger partial charge < -0.3 is 12.4 Å². The zero-order valence-electron chi connectivity index (χ0n) is 12.1. The fourth-order valence-electron chi connectivity index (χ4n) is 2.03. The Labute approximate surface area is 153 Å². The number of hydrogen-bond donors (Lipinski definition) is 0. The SMILES string of the molecule is CC(C)c1ccc(-c2ccc(-c3cc[c-]s3)s2)cc1.[Cl-].[Zn+2]. The molecule has 21 heavy (non-hydrogen) atoms. The van der Waals surface area contributed by atoms with Crippen molar-refractivity contribution in [3.8, 4) is 20.2 Å². The molecule has 4 heteroatoms. The third-order valence-electron chi connectivity index (χ3n) is 3.18. The number of hydrogen-bond acceptors (Lipinski definition) is 2. The predicted octanol–water partition coefficient (Wildman–Crippen LogP) is 3.07. The van der Waals surface area contributed by atoms with Crippen LogP contribution in [-0.4, -0.2) is 0 Å². The summed E-state index contributed by atoms with van der Waals surface area (Å²) >= 11 is 3.52. The van der Waals surface area contributed by atoms with Crippen LogP contribution in [0.2, 0.25) is 0 Å². The van der Waals surface area contributed by atoms with E-state index in [0.717, 1.165) is 0 Å². The van der Waals surface area contributed by atoms with Crippen molar-refractivity contribution in [3.63, 3.8) is 0 Å². The van der Waals surface area contributed by atoms with Crippen molar-refractivity contribution in [1.29, 1.82) is 0 Å². The van der Waals surface area contributed by atoms with Crippen LogP contribution in [0, 0.1) is 5.38 Å². The van der Waals surface area contributed by atoms with E-state index in [4.69, 9.17) is 0 Å². The Morgan fingerprint density at radius 1 is 0.857 bits per heavy atom. The number of thiophene rings is 2. The van der Waals surface area contributed by atoms with Gasteiger partial charge in [-0.05, 0) is 28.0 Å². The maximum Gasteiger partial charge on any atom is 2.00 e. The van der Waals surface area contributed by atoms with Crippen molar-refractivity contribution >= 4 is 22.7 Å². The van der Waals surface area contributed by atoms with E-state index in [-0.39, 0.29) is 31.9 Å². The van der Waals surface area contributed by atoms with Gasteiger partial charge in [-0.1, -0.05) is 44.2 Å². The van der Waals surface area contributed by atoms with Crippen molar-refractivity contribution in [2.75, 3.05) is 0 Å². The average Bonchev–Trinajstić information content (AvgIpc) is 3.10. The molecule has 0 amide bonds. The molecule has 3 aromatic rings. The summed E-state index contributed by atoms with van der Waals surface area (Å²) in [5.74, 6) is 0.592. The first-order valence-corrected chi connectivity index (χ1v) is 8.04. The molecule has 0 radical (unpaired) electrons. The normalized spacial score (nSPS) is 10.0. The topological polar surface area (TPSA) is 0 Å². The van der Waals surface area contributed by atoms with E-state index in [1.807, 2.05) is 17.4 Å². The summed E-state index contributed by atoms with van der Waals surface area (Å²) in [7, 11) is 0. The maximum atomic E-state index is 3.15. The molecular formula is C17H15ClS2Zn. The average molecular weight is 384 g/mol. The van der Waals surface area contributed by atoms with Gasteiger partial charge >= 0.3 is 19.5 Å². The van der Waals surface area contributed by atoms with Crippen LogP contribution in [0.5, 0.6) is 0 Å².